The molecule has 0 saturated heterocycles. The van der Waals surface area contributed by atoms with E-state index < -0.39 is 29.5 Å². The Hall–Kier alpha value is -4.34. The molecule has 0 fully saturated rings. The normalized spacial score (nSPS) is 10.8. The number of alkyl halides is 3. The molecule has 3 aromatic rings. The summed E-state index contributed by atoms with van der Waals surface area (Å²) in [5, 5.41) is 5.05. The van der Waals surface area contributed by atoms with Crippen LogP contribution in [-0.2, 0) is 15.7 Å². The molecule has 3 rings (SSSR count). The van der Waals surface area contributed by atoms with Crippen molar-refractivity contribution in [1.29, 1.82) is 0 Å². The minimum absolute atomic E-state index is 0.0157. The molecule has 0 radical (unpaired) electrons. The average molecular weight is 472 g/mol. The molecule has 0 atom stereocenters. The molecule has 2 N–H and O–H groups in total. The van der Waals surface area contributed by atoms with Crippen LogP contribution in [0.4, 0.5) is 24.5 Å². The van der Waals surface area contributed by atoms with Gasteiger partial charge in [-0.2, -0.15) is 13.2 Å². The number of nitrogens with one attached hydrogen (secondary N) is 2. The van der Waals surface area contributed by atoms with Crippen LogP contribution in [0, 0.1) is 0 Å². The van der Waals surface area contributed by atoms with Gasteiger partial charge in [0, 0.05) is 22.5 Å². The van der Waals surface area contributed by atoms with Gasteiger partial charge in [-0.25, -0.2) is 4.79 Å². The van der Waals surface area contributed by atoms with Gasteiger partial charge in [0.1, 0.15) is 5.75 Å². The Labute approximate surface area is 192 Å². The highest BCUT2D eigenvalue weighted by atomic mass is 19.4. The Morgan fingerprint density at radius 1 is 0.794 bits per heavy atom. The molecule has 0 aromatic heterocycles. The van der Waals surface area contributed by atoms with Crippen LogP contribution in [0.3, 0.4) is 0 Å². The van der Waals surface area contributed by atoms with Crippen molar-refractivity contribution in [2.75, 3.05) is 24.4 Å². The van der Waals surface area contributed by atoms with Gasteiger partial charge in [0.05, 0.1) is 12.7 Å². The van der Waals surface area contributed by atoms with Crippen molar-refractivity contribution in [1.82, 2.24) is 0 Å². The van der Waals surface area contributed by atoms with Crippen LogP contribution in [0.5, 0.6) is 5.75 Å². The number of carbonyl (C=O) groups excluding carboxylic acids is 3. The molecule has 176 valence electrons. The Morgan fingerprint density at radius 2 is 1.35 bits per heavy atom. The van der Waals surface area contributed by atoms with Crippen molar-refractivity contribution >= 4 is 29.2 Å². The van der Waals surface area contributed by atoms with Crippen molar-refractivity contribution in [2.24, 2.45) is 0 Å². The van der Waals surface area contributed by atoms with Gasteiger partial charge in [0.2, 0.25) is 0 Å². The van der Waals surface area contributed by atoms with Gasteiger partial charge in [-0.15, -0.1) is 0 Å². The maximum absolute atomic E-state index is 12.9. The Bertz CT molecular complexity index is 1210. The van der Waals surface area contributed by atoms with E-state index in [4.69, 9.17) is 4.74 Å². The first-order chi connectivity index (χ1) is 16.2. The number of amides is 2. The summed E-state index contributed by atoms with van der Waals surface area (Å²) in [6.07, 6.45) is -4.54. The van der Waals surface area contributed by atoms with Crippen LogP contribution >= 0.6 is 0 Å². The third kappa shape index (κ3) is 6.58. The highest BCUT2D eigenvalue weighted by Gasteiger charge is 2.30. The lowest BCUT2D eigenvalue weighted by molar-refractivity contribution is -0.143. The highest BCUT2D eigenvalue weighted by molar-refractivity contribution is 6.07. The summed E-state index contributed by atoms with van der Waals surface area (Å²) in [4.78, 5) is 36.3. The van der Waals surface area contributed by atoms with E-state index in [0.717, 1.165) is 12.1 Å². The second-order valence-electron chi connectivity index (χ2n) is 6.96. The number of esters is 1. The fourth-order valence-corrected chi connectivity index (χ4v) is 2.85. The molecule has 0 saturated carbocycles. The molecule has 0 bridgehead atoms. The van der Waals surface area contributed by atoms with Crippen LogP contribution in [0.1, 0.15) is 26.3 Å². The van der Waals surface area contributed by atoms with Crippen molar-refractivity contribution < 1.29 is 37.0 Å². The van der Waals surface area contributed by atoms with Gasteiger partial charge >= 0.3 is 12.1 Å². The summed E-state index contributed by atoms with van der Waals surface area (Å²) >= 11 is 0. The highest BCUT2D eigenvalue weighted by Crippen LogP contribution is 2.30. The monoisotopic (exact) mass is 472 g/mol. The lowest BCUT2D eigenvalue weighted by atomic mass is 10.1. The molecule has 7 nitrogen and oxygen atoms in total. The summed E-state index contributed by atoms with van der Waals surface area (Å²) in [5.74, 6) is -1.44. The first-order valence-electron chi connectivity index (χ1n) is 9.85. The van der Waals surface area contributed by atoms with Crippen molar-refractivity contribution in [3.8, 4) is 5.75 Å². The van der Waals surface area contributed by atoms with Crippen LogP contribution in [0.25, 0.3) is 0 Å². The molecule has 34 heavy (non-hydrogen) atoms. The van der Waals surface area contributed by atoms with Crippen LogP contribution in [-0.4, -0.2) is 31.5 Å². The number of carbonyl (C=O) groups is 3. The van der Waals surface area contributed by atoms with E-state index in [1.807, 2.05) is 0 Å². The summed E-state index contributed by atoms with van der Waals surface area (Å²) in [5.41, 5.74) is -0.240. The van der Waals surface area contributed by atoms with Crippen molar-refractivity contribution in [2.45, 2.75) is 6.18 Å². The van der Waals surface area contributed by atoms with E-state index in [2.05, 4.69) is 15.4 Å². The maximum atomic E-state index is 12.9. The number of rotatable bonds is 7. The van der Waals surface area contributed by atoms with Gasteiger partial charge in [-0.05, 0) is 54.6 Å². The van der Waals surface area contributed by atoms with E-state index in [0.29, 0.717) is 5.69 Å². The van der Waals surface area contributed by atoms with Gasteiger partial charge in [-0.1, -0.05) is 18.2 Å². The number of ether oxygens (including phenoxy) is 2. The lowest BCUT2D eigenvalue weighted by Crippen LogP contribution is -2.15. The Kier molecular flexibility index (Phi) is 7.52. The number of hydrogen-bond donors (Lipinski definition) is 2. The minimum Gasteiger partial charge on any atom is -0.482 e. The number of halogens is 3. The van der Waals surface area contributed by atoms with Crippen LogP contribution < -0.4 is 15.4 Å². The van der Waals surface area contributed by atoms with Crippen molar-refractivity contribution in [3.05, 3.63) is 89.5 Å². The SMILES string of the molecule is COC(=O)COc1cccc(C(=O)Nc2cccc(C(=O)Nc3cccc(C(F)(F)F)c3)c2)c1. The molecule has 2 amide bonds. The van der Waals surface area contributed by atoms with E-state index in [9.17, 15) is 27.6 Å². The maximum Gasteiger partial charge on any atom is 0.416 e. The van der Waals surface area contributed by atoms with Crippen molar-refractivity contribution in [3.63, 3.8) is 0 Å². The molecule has 0 aliphatic rings. The zero-order chi connectivity index (χ0) is 24.7. The predicted octanol–water partition coefficient (Wildman–Crippen LogP) is 4.76. The van der Waals surface area contributed by atoms with Gasteiger partial charge in [-0.3, -0.25) is 9.59 Å². The molecular weight excluding hydrogens is 453 g/mol. The molecule has 3 aromatic carbocycles. The average Bonchev–Trinajstić information content (AvgIpc) is 2.82. The molecule has 0 heterocycles. The summed E-state index contributed by atoms with van der Waals surface area (Å²) in [6, 6.07) is 16.3. The van der Waals surface area contributed by atoms with Gasteiger partial charge in [0.25, 0.3) is 11.8 Å². The topological polar surface area (TPSA) is 93.7 Å². The Morgan fingerprint density at radius 3 is 1.97 bits per heavy atom. The molecule has 0 aliphatic carbocycles. The quantitative estimate of drug-likeness (QED) is 0.484. The zero-order valence-corrected chi connectivity index (χ0v) is 17.8. The third-order valence-corrected chi connectivity index (χ3v) is 4.51. The van der Waals surface area contributed by atoms with E-state index in [1.165, 1.54) is 49.6 Å². The Balaban J connectivity index is 1.68. The number of benzene rings is 3. The lowest BCUT2D eigenvalue weighted by Gasteiger charge is -2.11. The summed E-state index contributed by atoms with van der Waals surface area (Å²) in [7, 11) is 1.23. The molecular formula is C24H19F3N2O5. The van der Waals surface area contributed by atoms with E-state index in [1.54, 1.807) is 18.2 Å². The minimum atomic E-state index is -4.54. The first-order valence-corrected chi connectivity index (χ1v) is 9.85. The largest absolute Gasteiger partial charge is 0.482 e. The summed E-state index contributed by atoms with van der Waals surface area (Å²) in [6.45, 7) is -0.315. The fraction of sp³-hybridized carbons (Fsp3) is 0.125. The number of anilines is 2. The van der Waals surface area contributed by atoms with Crippen LogP contribution in [0.15, 0.2) is 72.8 Å². The third-order valence-electron chi connectivity index (χ3n) is 4.51. The molecule has 0 spiro atoms. The smallest absolute Gasteiger partial charge is 0.416 e. The van der Waals surface area contributed by atoms with E-state index in [-0.39, 0.29) is 29.2 Å². The number of hydrogen-bond acceptors (Lipinski definition) is 5. The second-order valence-corrected chi connectivity index (χ2v) is 6.96. The molecule has 0 unspecified atom stereocenters. The number of methoxy groups -OCH3 is 1. The van der Waals surface area contributed by atoms with Gasteiger partial charge in [0.15, 0.2) is 6.61 Å². The standard InChI is InChI=1S/C24H19F3N2O5/c1-33-21(30)14-34-20-10-3-6-16(12-20)23(32)28-18-8-2-5-15(11-18)22(31)29-19-9-4-7-17(13-19)24(25,26)27/h2-13H,14H2,1H3,(H,28,32)(H,29,31). The molecule has 0 aliphatic heterocycles. The second kappa shape index (κ2) is 10.5. The fourth-order valence-electron chi connectivity index (χ4n) is 2.85. The first kappa shape index (κ1) is 24.3. The zero-order valence-electron chi connectivity index (χ0n) is 17.8. The van der Waals surface area contributed by atoms with Crippen LogP contribution in [0.2, 0.25) is 0 Å². The van der Waals surface area contributed by atoms with Gasteiger partial charge < -0.3 is 20.1 Å². The summed E-state index contributed by atoms with van der Waals surface area (Å²) < 4.78 is 48.4. The van der Waals surface area contributed by atoms with E-state index >= 15 is 0 Å². The molecule has 10 heteroatoms. The predicted molar refractivity (Wildman–Crippen MR) is 118 cm³/mol.